The zero-order valence-corrected chi connectivity index (χ0v) is 15.9. The number of aromatic nitrogens is 2. The summed E-state index contributed by atoms with van der Waals surface area (Å²) in [7, 11) is 0. The van der Waals surface area contributed by atoms with Crippen LogP contribution in [-0.2, 0) is 24.1 Å². The van der Waals surface area contributed by atoms with Crippen molar-refractivity contribution < 1.29 is 4.79 Å². The quantitative estimate of drug-likeness (QED) is 0.667. The van der Waals surface area contributed by atoms with Gasteiger partial charge in [-0.25, -0.2) is 4.68 Å². The molecule has 1 aromatic carbocycles. The Labute approximate surface area is 162 Å². The Balaban J connectivity index is 1.39. The maximum atomic E-state index is 12.8. The molecule has 1 aliphatic rings. The number of benzene rings is 1. The van der Waals surface area contributed by atoms with E-state index >= 15 is 0 Å². The minimum atomic E-state index is -0.0290. The van der Waals surface area contributed by atoms with Gasteiger partial charge < -0.3 is 5.32 Å². The number of aryl methyl sites for hydroxylation is 1. The van der Waals surface area contributed by atoms with Crippen LogP contribution in [-0.4, -0.2) is 22.2 Å². The second-order valence-electron chi connectivity index (χ2n) is 6.94. The molecule has 6 heteroatoms. The van der Waals surface area contributed by atoms with Gasteiger partial charge in [-0.05, 0) is 55.7 Å². The third-order valence-electron chi connectivity index (χ3n) is 5.19. The Morgan fingerprint density at radius 3 is 2.74 bits per heavy atom. The second-order valence-corrected chi connectivity index (χ2v) is 7.97. The molecule has 2 heterocycles. The molecule has 0 bridgehead atoms. The van der Waals surface area contributed by atoms with Gasteiger partial charge in [0.15, 0.2) is 0 Å². The smallest absolute Gasteiger partial charge is 0.274 e. The lowest BCUT2D eigenvalue weighted by Crippen LogP contribution is -2.32. The average molecular weight is 382 g/mol. The van der Waals surface area contributed by atoms with Crippen LogP contribution in [0.15, 0.2) is 52.6 Å². The monoisotopic (exact) mass is 381 g/mol. The molecule has 1 amide bonds. The molecule has 0 saturated carbocycles. The molecule has 27 heavy (non-hydrogen) atoms. The van der Waals surface area contributed by atoms with Gasteiger partial charge in [0.05, 0.1) is 5.69 Å². The summed E-state index contributed by atoms with van der Waals surface area (Å²) in [6.07, 6.45) is 3.74. The number of hydrogen-bond donors (Lipinski definition) is 2. The number of carbonyl (C=O) groups excluding carboxylic acids is 1. The van der Waals surface area contributed by atoms with Gasteiger partial charge in [-0.2, -0.15) is 0 Å². The Bertz CT molecular complexity index is 957. The molecular weight excluding hydrogens is 358 g/mol. The van der Waals surface area contributed by atoms with Gasteiger partial charge in [0.25, 0.3) is 5.56 Å². The number of thiophene rings is 1. The van der Waals surface area contributed by atoms with E-state index in [-0.39, 0.29) is 17.4 Å². The van der Waals surface area contributed by atoms with E-state index in [1.165, 1.54) is 4.88 Å². The van der Waals surface area contributed by atoms with Crippen LogP contribution in [0.5, 0.6) is 0 Å². The van der Waals surface area contributed by atoms with Crippen LogP contribution < -0.4 is 10.9 Å². The maximum absolute atomic E-state index is 12.8. The zero-order chi connectivity index (χ0) is 18.6. The lowest BCUT2D eigenvalue weighted by molar-refractivity contribution is -0.125. The first-order valence-electron chi connectivity index (χ1n) is 9.40. The van der Waals surface area contributed by atoms with Gasteiger partial charge >= 0.3 is 0 Å². The fourth-order valence-electron chi connectivity index (χ4n) is 3.69. The van der Waals surface area contributed by atoms with Crippen LogP contribution in [0.2, 0.25) is 0 Å². The van der Waals surface area contributed by atoms with Crippen molar-refractivity contribution in [3.8, 4) is 5.69 Å². The normalized spacial score (nSPS) is 16.5. The van der Waals surface area contributed by atoms with Gasteiger partial charge in [-0.15, -0.1) is 11.3 Å². The number of rotatable bonds is 5. The molecule has 2 aromatic heterocycles. The molecule has 0 spiro atoms. The molecule has 4 rings (SSSR count). The molecule has 3 aromatic rings. The van der Waals surface area contributed by atoms with Crippen LogP contribution in [0.3, 0.4) is 0 Å². The Morgan fingerprint density at radius 2 is 1.96 bits per heavy atom. The summed E-state index contributed by atoms with van der Waals surface area (Å²) < 4.78 is 1.62. The molecule has 140 valence electrons. The summed E-state index contributed by atoms with van der Waals surface area (Å²) in [5.74, 6) is 0.0822. The van der Waals surface area contributed by atoms with E-state index in [1.54, 1.807) is 16.0 Å². The summed E-state index contributed by atoms with van der Waals surface area (Å²) in [5.41, 5.74) is 2.65. The fourth-order valence-corrected chi connectivity index (χ4v) is 4.40. The molecule has 0 aliphatic heterocycles. The van der Waals surface area contributed by atoms with E-state index in [4.69, 9.17) is 0 Å². The Kier molecular flexibility index (Phi) is 5.25. The van der Waals surface area contributed by atoms with Crippen molar-refractivity contribution in [2.45, 2.75) is 32.1 Å². The molecule has 0 radical (unpaired) electrons. The van der Waals surface area contributed by atoms with Crippen molar-refractivity contribution in [1.29, 1.82) is 0 Å². The standard InChI is InChI=1S/C21H23N3O2S/c25-20(22-13-12-17-7-4-14-27-17)15-8-10-18-19(11-9-15)23-24(21(18)26)16-5-2-1-3-6-16/h1-7,14-15,23H,8-13H2,(H,22,25). The van der Waals surface area contributed by atoms with Crippen LogP contribution in [0.1, 0.15) is 29.0 Å². The van der Waals surface area contributed by atoms with Crippen LogP contribution >= 0.6 is 11.3 Å². The molecule has 1 unspecified atom stereocenters. The predicted octanol–water partition coefficient (Wildman–Crippen LogP) is 3.08. The molecular formula is C21H23N3O2S. The number of nitrogens with zero attached hydrogens (tertiary/aromatic N) is 1. The summed E-state index contributed by atoms with van der Waals surface area (Å²) in [6, 6.07) is 13.7. The number of hydrogen-bond acceptors (Lipinski definition) is 3. The number of H-pyrrole nitrogens is 1. The fraction of sp³-hybridized carbons (Fsp3) is 0.333. The largest absolute Gasteiger partial charge is 0.356 e. The molecule has 1 atom stereocenters. The zero-order valence-electron chi connectivity index (χ0n) is 15.1. The van der Waals surface area contributed by atoms with E-state index < -0.39 is 0 Å². The second kappa shape index (κ2) is 7.96. The number of amides is 1. The molecule has 0 fully saturated rings. The minimum absolute atomic E-state index is 0.00922. The van der Waals surface area contributed by atoms with E-state index in [2.05, 4.69) is 21.9 Å². The van der Waals surface area contributed by atoms with Crippen molar-refractivity contribution in [2.75, 3.05) is 6.54 Å². The lowest BCUT2D eigenvalue weighted by atomic mass is 9.99. The summed E-state index contributed by atoms with van der Waals surface area (Å²) in [5, 5.41) is 8.37. The summed E-state index contributed by atoms with van der Waals surface area (Å²) in [6.45, 7) is 0.669. The van der Waals surface area contributed by atoms with Gasteiger partial charge in [-0.1, -0.05) is 24.3 Å². The molecule has 5 nitrogen and oxygen atoms in total. The first-order chi connectivity index (χ1) is 13.2. The molecule has 0 saturated heterocycles. The maximum Gasteiger partial charge on any atom is 0.274 e. The first-order valence-corrected chi connectivity index (χ1v) is 10.3. The van der Waals surface area contributed by atoms with E-state index in [9.17, 15) is 9.59 Å². The highest BCUT2D eigenvalue weighted by Crippen LogP contribution is 2.23. The van der Waals surface area contributed by atoms with Crippen molar-refractivity contribution in [3.63, 3.8) is 0 Å². The van der Waals surface area contributed by atoms with Crippen molar-refractivity contribution >= 4 is 17.2 Å². The number of carbonyl (C=O) groups is 1. The SMILES string of the molecule is O=C(NCCc1cccs1)C1CCc2[nH]n(-c3ccccc3)c(=O)c2CC1. The molecule has 2 N–H and O–H groups in total. The van der Waals surface area contributed by atoms with Gasteiger partial charge in [0, 0.05) is 28.6 Å². The van der Waals surface area contributed by atoms with Crippen molar-refractivity contribution in [2.24, 2.45) is 5.92 Å². The highest BCUT2D eigenvalue weighted by molar-refractivity contribution is 7.09. The van der Waals surface area contributed by atoms with E-state index in [0.717, 1.165) is 42.6 Å². The number of aromatic amines is 1. The Morgan fingerprint density at radius 1 is 1.15 bits per heavy atom. The van der Waals surface area contributed by atoms with Crippen LogP contribution in [0.25, 0.3) is 5.69 Å². The van der Waals surface area contributed by atoms with Gasteiger partial charge in [0.1, 0.15) is 0 Å². The third kappa shape index (κ3) is 3.90. The average Bonchev–Trinajstić information content (AvgIpc) is 3.25. The molecule has 1 aliphatic carbocycles. The lowest BCUT2D eigenvalue weighted by Gasteiger charge is -2.14. The predicted molar refractivity (Wildman–Crippen MR) is 108 cm³/mol. The highest BCUT2D eigenvalue weighted by Gasteiger charge is 2.25. The van der Waals surface area contributed by atoms with Crippen LogP contribution in [0.4, 0.5) is 0 Å². The summed E-state index contributed by atoms with van der Waals surface area (Å²) in [4.78, 5) is 26.6. The number of para-hydroxylation sites is 1. The third-order valence-corrected chi connectivity index (χ3v) is 6.13. The summed E-state index contributed by atoms with van der Waals surface area (Å²) >= 11 is 1.71. The number of nitrogens with one attached hydrogen (secondary N) is 2. The van der Waals surface area contributed by atoms with Crippen LogP contribution in [0, 0.1) is 5.92 Å². The van der Waals surface area contributed by atoms with E-state index in [1.807, 2.05) is 36.4 Å². The van der Waals surface area contributed by atoms with Gasteiger partial charge in [0.2, 0.25) is 5.91 Å². The number of fused-ring (bicyclic) bond motifs is 1. The first kappa shape index (κ1) is 17.8. The van der Waals surface area contributed by atoms with Crippen molar-refractivity contribution in [3.05, 3.63) is 74.3 Å². The van der Waals surface area contributed by atoms with E-state index in [0.29, 0.717) is 13.0 Å². The van der Waals surface area contributed by atoms with Crippen molar-refractivity contribution in [1.82, 2.24) is 15.1 Å². The Hall–Kier alpha value is -2.60. The topological polar surface area (TPSA) is 66.9 Å². The highest BCUT2D eigenvalue weighted by atomic mass is 32.1. The minimum Gasteiger partial charge on any atom is -0.356 e. The van der Waals surface area contributed by atoms with Gasteiger partial charge in [-0.3, -0.25) is 14.7 Å².